The molecule has 0 saturated carbocycles. The minimum absolute atomic E-state index is 0.450. The zero-order valence-corrected chi connectivity index (χ0v) is 9.64. The molecule has 0 unspecified atom stereocenters. The number of rotatable bonds is 1. The van der Waals surface area contributed by atoms with Crippen LogP contribution in [0.1, 0.15) is 0 Å². The summed E-state index contributed by atoms with van der Waals surface area (Å²) in [6.07, 6.45) is 0. The lowest BCUT2D eigenvalue weighted by Gasteiger charge is -2.00. The molecule has 6 heteroatoms. The van der Waals surface area contributed by atoms with E-state index < -0.39 is 7.12 Å². The Kier molecular flexibility index (Phi) is 3.53. The van der Waals surface area contributed by atoms with Crippen molar-refractivity contribution < 1.29 is 10.0 Å². The molecule has 0 saturated heterocycles. The summed E-state index contributed by atoms with van der Waals surface area (Å²) in [4.78, 5) is 4.05. The van der Waals surface area contributed by atoms with Gasteiger partial charge in [0.2, 0.25) is 0 Å². The Morgan fingerprint density at radius 2 is 1.91 bits per heavy atom. The Hall–Kier alpha value is 0.595. The summed E-state index contributed by atoms with van der Waals surface area (Å²) in [6, 6.07) is 3.39. The molecule has 1 heterocycles. The smallest absolute Gasteiger partial charge is 0.423 e. The van der Waals surface area contributed by atoms with Crippen LogP contribution in [0.4, 0.5) is 0 Å². The van der Waals surface area contributed by atoms with Gasteiger partial charge in [0.1, 0.15) is 7.40 Å². The van der Waals surface area contributed by atoms with Gasteiger partial charge >= 0.3 is 7.12 Å². The van der Waals surface area contributed by atoms with Crippen LogP contribution < -0.4 is 5.46 Å². The molecule has 1 aromatic rings. The van der Waals surface area contributed by atoms with Crippen LogP contribution in [-0.4, -0.2) is 22.2 Å². The molecule has 1 aromatic heterocycles. The Morgan fingerprint density at radius 3 is 2.36 bits per heavy atom. The summed E-state index contributed by atoms with van der Waals surface area (Å²) in [5, 5.41) is 17.6. The fourth-order valence-electron chi connectivity index (χ4n) is 0.615. The van der Waals surface area contributed by atoms with Gasteiger partial charge in [0.05, 0.1) is 0 Å². The first-order valence-corrected chi connectivity index (χ1v) is 4.95. The highest BCUT2D eigenvalue weighted by atomic mass is 127. The second-order valence-electron chi connectivity index (χ2n) is 1.89. The Morgan fingerprint density at radius 1 is 1.27 bits per heavy atom. The first-order valence-electron chi connectivity index (χ1n) is 2.79. The normalized spacial score (nSPS) is 9.82. The van der Waals surface area contributed by atoms with Gasteiger partial charge in [-0.25, -0.2) is 4.98 Å². The third-order valence-corrected chi connectivity index (χ3v) is 2.59. The molecule has 2 N–H and O–H groups in total. The fourth-order valence-corrected chi connectivity index (χ4v) is 2.22. The molecule has 0 radical (unpaired) electrons. The number of aromatic nitrogens is 1. The highest BCUT2D eigenvalue weighted by Crippen LogP contribution is 2.03. The van der Waals surface area contributed by atoms with Crippen molar-refractivity contribution in [1.29, 1.82) is 0 Å². The zero-order valence-electron chi connectivity index (χ0n) is 5.33. The van der Waals surface area contributed by atoms with Crippen LogP contribution >= 0.6 is 45.2 Å². The predicted molar refractivity (Wildman–Crippen MR) is 59.5 cm³/mol. The van der Waals surface area contributed by atoms with Gasteiger partial charge < -0.3 is 10.0 Å². The van der Waals surface area contributed by atoms with Crippen molar-refractivity contribution in [3.63, 3.8) is 0 Å². The van der Waals surface area contributed by atoms with Gasteiger partial charge in [-0.15, -0.1) is 0 Å². The third-order valence-electron chi connectivity index (χ3n) is 1.12. The molecule has 11 heavy (non-hydrogen) atoms. The molecule has 0 fully saturated rings. The number of hydrogen-bond acceptors (Lipinski definition) is 3. The molecular weight excluding hydrogens is 371 g/mol. The van der Waals surface area contributed by atoms with E-state index in [1.807, 2.05) is 22.6 Å². The van der Waals surface area contributed by atoms with E-state index in [1.54, 1.807) is 12.1 Å². The molecular formula is C5H4BI2NO2. The summed E-state index contributed by atoms with van der Waals surface area (Å²) in [5.41, 5.74) is 0.450. The van der Waals surface area contributed by atoms with E-state index >= 15 is 0 Å². The zero-order chi connectivity index (χ0) is 8.43. The fraction of sp³-hybridized carbons (Fsp3) is 0. The van der Waals surface area contributed by atoms with Crippen LogP contribution in [0.5, 0.6) is 0 Å². The van der Waals surface area contributed by atoms with Gasteiger partial charge in [-0.1, -0.05) is 6.07 Å². The molecule has 0 aliphatic heterocycles. The van der Waals surface area contributed by atoms with Gasteiger partial charge in [0.25, 0.3) is 0 Å². The summed E-state index contributed by atoms with van der Waals surface area (Å²) < 4.78 is 1.47. The Labute approximate surface area is 91.7 Å². The van der Waals surface area contributed by atoms with E-state index in [0.29, 0.717) is 9.16 Å². The summed E-state index contributed by atoms with van der Waals surface area (Å²) in [7, 11) is -1.42. The molecule has 0 amide bonds. The van der Waals surface area contributed by atoms with Crippen molar-refractivity contribution in [3.8, 4) is 0 Å². The second-order valence-corrected chi connectivity index (χ2v) is 4.01. The topological polar surface area (TPSA) is 53.4 Å². The van der Waals surface area contributed by atoms with Gasteiger partial charge in [0.15, 0.2) is 0 Å². The van der Waals surface area contributed by atoms with Crippen molar-refractivity contribution in [2.24, 2.45) is 0 Å². The summed E-state index contributed by atoms with van der Waals surface area (Å²) >= 11 is 4.03. The van der Waals surface area contributed by atoms with Gasteiger partial charge in [-0.3, -0.25) is 0 Å². The Bertz CT molecular complexity index is 269. The summed E-state index contributed by atoms with van der Waals surface area (Å²) in [6.45, 7) is 0. The van der Waals surface area contributed by atoms with Crippen molar-refractivity contribution in [3.05, 3.63) is 19.5 Å². The molecule has 0 spiro atoms. The number of halogens is 2. The van der Waals surface area contributed by atoms with Crippen LogP contribution in [0.3, 0.4) is 0 Å². The average molecular weight is 375 g/mol. The minimum atomic E-state index is -1.42. The minimum Gasteiger partial charge on any atom is -0.423 e. The van der Waals surface area contributed by atoms with Crippen LogP contribution in [0, 0.1) is 7.40 Å². The van der Waals surface area contributed by atoms with Crippen molar-refractivity contribution in [2.75, 3.05) is 0 Å². The maximum Gasteiger partial charge on any atom is 0.491 e. The lowest BCUT2D eigenvalue weighted by Crippen LogP contribution is -2.33. The van der Waals surface area contributed by atoms with Gasteiger partial charge in [-0.05, 0) is 51.2 Å². The van der Waals surface area contributed by atoms with E-state index in [4.69, 9.17) is 10.0 Å². The van der Waals surface area contributed by atoms with Gasteiger partial charge in [0, 0.05) is 5.46 Å². The van der Waals surface area contributed by atoms with E-state index in [1.165, 1.54) is 0 Å². The molecule has 58 valence electrons. The molecule has 0 aliphatic carbocycles. The van der Waals surface area contributed by atoms with Crippen molar-refractivity contribution >= 4 is 57.8 Å². The predicted octanol–water partition coefficient (Wildman–Crippen LogP) is -0.0294. The average Bonchev–Trinajstić information content (AvgIpc) is 1.85. The first-order chi connectivity index (χ1) is 5.11. The molecule has 0 aromatic carbocycles. The maximum absolute atomic E-state index is 8.80. The SMILES string of the molecule is OB(O)c1ccc(I)nc1I. The lowest BCUT2D eigenvalue weighted by atomic mass is 9.82. The highest BCUT2D eigenvalue weighted by molar-refractivity contribution is 14.1. The van der Waals surface area contributed by atoms with E-state index in [2.05, 4.69) is 27.6 Å². The Balaban J connectivity index is 3.09. The molecule has 0 atom stereocenters. The number of pyridine rings is 1. The highest BCUT2D eigenvalue weighted by Gasteiger charge is 2.15. The van der Waals surface area contributed by atoms with Crippen LogP contribution in [-0.2, 0) is 0 Å². The van der Waals surface area contributed by atoms with Crippen LogP contribution in [0.25, 0.3) is 0 Å². The molecule has 3 nitrogen and oxygen atoms in total. The maximum atomic E-state index is 8.80. The largest absolute Gasteiger partial charge is 0.491 e. The number of hydrogen-bond donors (Lipinski definition) is 2. The molecule has 1 rings (SSSR count). The molecule has 0 bridgehead atoms. The lowest BCUT2D eigenvalue weighted by molar-refractivity contribution is 0.425. The van der Waals surface area contributed by atoms with Crippen LogP contribution in [0.15, 0.2) is 12.1 Å². The van der Waals surface area contributed by atoms with E-state index in [0.717, 1.165) is 3.70 Å². The van der Waals surface area contributed by atoms with Gasteiger partial charge in [-0.2, -0.15) is 0 Å². The van der Waals surface area contributed by atoms with Crippen molar-refractivity contribution in [2.45, 2.75) is 0 Å². The monoisotopic (exact) mass is 375 g/mol. The number of nitrogens with zero attached hydrogens (tertiary/aromatic N) is 1. The third kappa shape index (κ3) is 2.53. The van der Waals surface area contributed by atoms with E-state index in [-0.39, 0.29) is 0 Å². The van der Waals surface area contributed by atoms with E-state index in [9.17, 15) is 0 Å². The second kappa shape index (κ2) is 4.01. The quantitative estimate of drug-likeness (QED) is 0.412. The summed E-state index contributed by atoms with van der Waals surface area (Å²) in [5.74, 6) is 0. The first kappa shape index (κ1) is 9.68. The standard InChI is InChI=1S/C5H4BI2NO2/c7-4-2-1-3(6(10)11)5(8)9-4/h1-2,10-11H. The van der Waals surface area contributed by atoms with Crippen molar-refractivity contribution in [1.82, 2.24) is 4.98 Å². The molecule has 0 aliphatic rings. The van der Waals surface area contributed by atoms with Crippen LogP contribution in [0.2, 0.25) is 0 Å².